The van der Waals surface area contributed by atoms with Gasteiger partial charge in [-0.25, -0.2) is 13.6 Å². The maximum absolute atomic E-state index is 13.8. The van der Waals surface area contributed by atoms with Crippen LogP contribution in [0.2, 0.25) is 0 Å². The summed E-state index contributed by atoms with van der Waals surface area (Å²) < 4.78 is 27.4. The molecule has 0 radical (unpaired) electrons. The topological polar surface area (TPSA) is 66.4 Å². The van der Waals surface area contributed by atoms with Crippen LogP contribution < -0.4 is 5.32 Å². The highest BCUT2D eigenvalue weighted by atomic mass is 19.1. The molecule has 0 aliphatic rings. The van der Waals surface area contributed by atoms with Crippen molar-refractivity contribution in [1.82, 2.24) is 5.32 Å². The first-order valence-electron chi connectivity index (χ1n) is 6.23. The largest absolute Gasteiger partial charge is 0.480 e. The molecule has 4 nitrogen and oxygen atoms in total. The number of carboxylic acid groups (broad SMARTS) is 1. The van der Waals surface area contributed by atoms with Crippen molar-refractivity contribution in [3.05, 3.63) is 34.9 Å². The van der Waals surface area contributed by atoms with E-state index in [2.05, 4.69) is 5.32 Å². The van der Waals surface area contributed by atoms with Crippen molar-refractivity contribution in [3.63, 3.8) is 0 Å². The van der Waals surface area contributed by atoms with E-state index in [-0.39, 0.29) is 12.0 Å². The fourth-order valence-corrected chi connectivity index (χ4v) is 1.90. The summed E-state index contributed by atoms with van der Waals surface area (Å²) in [4.78, 5) is 23.2. The van der Waals surface area contributed by atoms with Gasteiger partial charge in [0.1, 0.15) is 22.7 Å². The molecule has 0 spiro atoms. The van der Waals surface area contributed by atoms with Gasteiger partial charge in [0.25, 0.3) is 5.91 Å². The molecule has 1 atom stereocenters. The van der Waals surface area contributed by atoms with E-state index in [0.717, 1.165) is 6.07 Å². The molecular formula is C14H17F2NO3. The number of amides is 1. The zero-order valence-electron chi connectivity index (χ0n) is 11.6. The quantitative estimate of drug-likeness (QED) is 0.874. The van der Waals surface area contributed by atoms with E-state index < -0.39 is 34.6 Å². The second-order valence-electron chi connectivity index (χ2n) is 4.89. The lowest BCUT2D eigenvalue weighted by molar-refractivity contribution is -0.144. The Morgan fingerprint density at radius 2 is 1.95 bits per heavy atom. The Hall–Kier alpha value is -1.98. The summed E-state index contributed by atoms with van der Waals surface area (Å²) in [5.74, 6) is -4.32. The number of benzene rings is 1. The Labute approximate surface area is 115 Å². The van der Waals surface area contributed by atoms with Crippen LogP contribution in [-0.4, -0.2) is 22.5 Å². The van der Waals surface area contributed by atoms with Crippen molar-refractivity contribution in [2.24, 2.45) is 0 Å². The number of hydrogen-bond donors (Lipinski definition) is 2. The highest BCUT2D eigenvalue weighted by Gasteiger charge is 2.35. The summed E-state index contributed by atoms with van der Waals surface area (Å²) in [6, 6.07) is 2.19. The lowest BCUT2D eigenvalue weighted by atomic mass is 9.95. The minimum atomic E-state index is -1.56. The smallest absolute Gasteiger partial charge is 0.329 e. The molecular weight excluding hydrogens is 268 g/mol. The van der Waals surface area contributed by atoms with Gasteiger partial charge >= 0.3 is 5.97 Å². The summed E-state index contributed by atoms with van der Waals surface area (Å²) in [5.41, 5.74) is -2.20. The van der Waals surface area contributed by atoms with Crippen LogP contribution in [0, 0.1) is 18.6 Å². The zero-order chi connectivity index (χ0) is 15.5. The normalized spacial score (nSPS) is 13.7. The molecule has 20 heavy (non-hydrogen) atoms. The van der Waals surface area contributed by atoms with Crippen LogP contribution in [0.5, 0.6) is 0 Å². The van der Waals surface area contributed by atoms with Crippen LogP contribution >= 0.6 is 0 Å². The van der Waals surface area contributed by atoms with Crippen LogP contribution in [0.3, 0.4) is 0 Å². The highest BCUT2D eigenvalue weighted by molar-refractivity contribution is 5.98. The number of hydrogen-bond acceptors (Lipinski definition) is 2. The first-order chi connectivity index (χ1) is 9.23. The first kappa shape index (κ1) is 16.1. The van der Waals surface area contributed by atoms with Gasteiger partial charge in [0.15, 0.2) is 0 Å². The molecule has 1 amide bonds. The fourth-order valence-electron chi connectivity index (χ4n) is 1.90. The second-order valence-corrected chi connectivity index (χ2v) is 4.89. The number of rotatable bonds is 5. The van der Waals surface area contributed by atoms with Crippen molar-refractivity contribution < 1.29 is 23.5 Å². The Morgan fingerprint density at radius 3 is 2.45 bits per heavy atom. The minimum Gasteiger partial charge on any atom is -0.480 e. The molecule has 2 N–H and O–H groups in total. The molecule has 0 aliphatic carbocycles. The monoisotopic (exact) mass is 285 g/mol. The molecule has 0 saturated heterocycles. The number of halogens is 2. The molecule has 0 fully saturated rings. The van der Waals surface area contributed by atoms with E-state index in [9.17, 15) is 18.4 Å². The van der Waals surface area contributed by atoms with Gasteiger partial charge in [-0.2, -0.15) is 0 Å². The molecule has 110 valence electrons. The van der Waals surface area contributed by atoms with Gasteiger partial charge in [-0.3, -0.25) is 4.79 Å². The lowest BCUT2D eigenvalue weighted by Gasteiger charge is -2.26. The van der Waals surface area contributed by atoms with E-state index in [1.54, 1.807) is 6.92 Å². The molecule has 0 aliphatic heterocycles. The average Bonchev–Trinajstić information content (AvgIpc) is 2.34. The van der Waals surface area contributed by atoms with Gasteiger partial charge in [-0.15, -0.1) is 0 Å². The number of carboxylic acids is 1. The number of nitrogens with one attached hydrogen (secondary N) is 1. The number of aryl methyl sites for hydroxylation is 1. The molecule has 1 aromatic carbocycles. The van der Waals surface area contributed by atoms with Crippen molar-refractivity contribution in [1.29, 1.82) is 0 Å². The molecule has 0 aromatic heterocycles. The Morgan fingerprint density at radius 1 is 1.35 bits per heavy atom. The van der Waals surface area contributed by atoms with Gasteiger partial charge in [0.05, 0.1) is 0 Å². The summed E-state index contributed by atoms with van der Waals surface area (Å²) in [6.07, 6.45) is 0.658. The molecule has 1 unspecified atom stereocenters. The first-order valence-corrected chi connectivity index (χ1v) is 6.23. The van der Waals surface area contributed by atoms with Gasteiger partial charge < -0.3 is 10.4 Å². The Bertz CT molecular complexity index is 545. The van der Waals surface area contributed by atoms with Gasteiger partial charge in [-0.05, 0) is 31.9 Å². The van der Waals surface area contributed by atoms with Gasteiger partial charge in [-0.1, -0.05) is 19.4 Å². The lowest BCUT2D eigenvalue weighted by Crippen LogP contribution is -2.52. The van der Waals surface area contributed by atoms with E-state index >= 15 is 0 Å². The number of aliphatic carboxylic acids is 1. The number of carbonyl (C=O) groups is 2. The molecule has 0 saturated carbocycles. The van der Waals surface area contributed by atoms with Crippen LogP contribution in [0.15, 0.2) is 12.1 Å². The zero-order valence-corrected chi connectivity index (χ0v) is 11.6. The molecule has 0 heterocycles. The van der Waals surface area contributed by atoms with Crippen molar-refractivity contribution in [2.45, 2.75) is 39.2 Å². The Kier molecular flexibility index (Phi) is 4.81. The summed E-state index contributed by atoms with van der Waals surface area (Å²) >= 11 is 0. The highest BCUT2D eigenvalue weighted by Crippen LogP contribution is 2.19. The van der Waals surface area contributed by atoms with Gasteiger partial charge in [0.2, 0.25) is 0 Å². The third-order valence-corrected chi connectivity index (χ3v) is 3.12. The number of carbonyl (C=O) groups excluding carboxylic acids is 1. The van der Waals surface area contributed by atoms with Crippen LogP contribution in [0.1, 0.15) is 42.6 Å². The maximum atomic E-state index is 13.8. The van der Waals surface area contributed by atoms with Crippen molar-refractivity contribution in [2.75, 3.05) is 0 Å². The minimum absolute atomic E-state index is 0.115. The van der Waals surface area contributed by atoms with E-state index in [1.165, 1.54) is 19.9 Å². The predicted octanol–water partition coefficient (Wildman–Crippen LogP) is 2.65. The maximum Gasteiger partial charge on any atom is 0.329 e. The van der Waals surface area contributed by atoms with Crippen LogP contribution in [0.25, 0.3) is 0 Å². The van der Waals surface area contributed by atoms with E-state index in [1.807, 2.05) is 0 Å². The summed E-state index contributed by atoms with van der Waals surface area (Å²) in [7, 11) is 0. The van der Waals surface area contributed by atoms with Crippen molar-refractivity contribution in [3.8, 4) is 0 Å². The third kappa shape index (κ3) is 3.12. The fraction of sp³-hybridized carbons (Fsp3) is 0.429. The molecule has 1 rings (SSSR count). The summed E-state index contributed by atoms with van der Waals surface area (Å²) in [6.45, 7) is 4.46. The molecule has 0 bridgehead atoms. The molecule has 6 heteroatoms. The average molecular weight is 285 g/mol. The third-order valence-electron chi connectivity index (χ3n) is 3.12. The SMILES string of the molecule is CCCC(C)(NC(=O)c1c(F)ccc(C)c1F)C(=O)O. The van der Waals surface area contributed by atoms with E-state index in [4.69, 9.17) is 5.11 Å². The van der Waals surface area contributed by atoms with Crippen molar-refractivity contribution >= 4 is 11.9 Å². The van der Waals surface area contributed by atoms with Crippen LogP contribution in [0.4, 0.5) is 8.78 Å². The molecule has 1 aromatic rings. The van der Waals surface area contributed by atoms with Crippen LogP contribution in [-0.2, 0) is 4.79 Å². The predicted molar refractivity (Wildman–Crippen MR) is 69.5 cm³/mol. The van der Waals surface area contributed by atoms with Gasteiger partial charge in [0, 0.05) is 0 Å². The second kappa shape index (κ2) is 5.98. The Balaban J connectivity index is 3.14. The summed E-state index contributed by atoms with van der Waals surface area (Å²) in [5, 5.41) is 11.4. The van der Waals surface area contributed by atoms with E-state index in [0.29, 0.717) is 6.42 Å². The standard InChI is InChI=1S/C14H17F2NO3/c1-4-7-14(3,13(19)20)17-12(18)10-9(15)6-5-8(2)11(10)16/h5-6H,4,7H2,1-3H3,(H,17,18)(H,19,20).